The van der Waals surface area contributed by atoms with Crippen LogP contribution in [0.25, 0.3) is 0 Å². The summed E-state index contributed by atoms with van der Waals surface area (Å²) in [7, 11) is 0. The van der Waals surface area contributed by atoms with Crippen LogP contribution in [0.2, 0.25) is 0 Å². The van der Waals surface area contributed by atoms with E-state index >= 15 is 0 Å². The lowest BCUT2D eigenvalue weighted by molar-refractivity contribution is -0.114. The fourth-order valence-corrected chi connectivity index (χ4v) is 1.87. The predicted molar refractivity (Wildman–Crippen MR) is 77.0 cm³/mol. The van der Waals surface area contributed by atoms with E-state index in [9.17, 15) is 9.59 Å². The van der Waals surface area contributed by atoms with Gasteiger partial charge < -0.3 is 10.6 Å². The smallest absolute Gasteiger partial charge is 0.234 e. The van der Waals surface area contributed by atoms with Gasteiger partial charge in [-0.2, -0.15) is 0 Å². The molecule has 1 aromatic carbocycles. The van der Waals surface area contributed by atoms with E-state index in [1.54, 1.807) is 36.0 Å². The van der Waals surface area contributed by atoms with E-state index in [0.717, 1.165) is 0 Å². The van der Waals surface area contributed by atoms with E-state index in [-0.39, 0.29) is 11.8 Å². The summed E-state index contributed by atoms with van der Waals surface area (Å²) in [6, 6.07) is 7.10. The van der Waals surface area contributed by atoms with Gasteiger partial charge in [0.05, 0.1) is 5.75 Å². The van der Waals surface area contributed by atoms with Crippen molar-refractivity contribution < 1.29 is 9.59 Å². The van der Waals surface area contributed by atoms with Crippen LogP contribution >= 0.6 is 11.8 Å². The van der Waals surface area contributed by atoms with Crippen molar-refractivity contribution in [3.63, 3.8) is 0 Å². The normalized spacial score (nSPS) is 10.2. The van der Waals surface area contributed by atoms with Gasteiger partial charge in [0.2, 0.25) is 11.8 Å². The third-order valence-corrected chi connectivity index (χ3v) is 3.11. The van der Waals surface area contributed by atoms with Crippen LogP contribution in [0.1, 0.15) is 20.8 Å². The van der Waals surface area contributed by atoms with Crippen molar-refractivity contribution in [3.8, 4) is 0 Å². The van der Waals surface area contributed by atoms with Gasteiger partial charge in [0, 0.05) is 18.3 Å². The number of nitrogens with one attached hydrogen (secondary N) is 2. The molecule has 0 saturated heterocycles. The number of carbonyl (C=O) groups excluding carboxylic acids is 2. The molecular formula is C13H18N2O2S. The monoisotopic (exact) mass is 266 g/mol. The van der Waals surface area contributed by atoms with Crippen molar-refractivity contribution in [2.24, 2.45) is 0 Å². The zero-order valence-corrected chi connectivity index (χ0v) is 11.6. The molecule has 0 heterocycles. The first-order valence-corrected chi connectivity index (χ1v) is 6.81. The zero-order chi connectivity index (χ0) is 13.5. The Kier molecular flexibility index (Phi) is 5.71. The molecule has 0 bridgehead atoms. The minimum absolute atomic E-state index is 0.0336. The highest BCUT2D eigenvalue weighted by Crippen LogP contribution is 2.16. The fraction of sp³-hybridized carbons (Fsp3) is 0.385. The van der Waals surface area contributed by atoms with Crippen LogP contribution in [0.3, 0.4) is 0 Å². The summed E-state index contributed by atoms with van der Waals surface area (Å²) in [5, 5.41) is 5.90. The number of benzene rings is 1. The lowest BCUT2D eigenvalue weighted by atomic mass is 10.2. The third-order valence-electron chi connectivity index (χ3n) is 2.01. The average molecular weight is 266 g/mol. The lowest BCUT2D eigenvalue weighted by Crippen LogP contribution is -2.15. The van der Waals surface area contributed by atoms with E-state index in [1.165, 1.54) is 6.92 Å². The van der Waals surface area contributed by atoms with Crippen LogP contribution in [-0.2, 0) is 9.59 Å². The molecule has 98 valence electrons. The van der Waals surface area contributed by atoms with Crippen LogP contribution in [0.15, 0.2) is 24.3 Å². The molecule has 2 N–H and O–H groups in total. The molecule has 0 spiro atoms. The van der Waals surface area contributed by atoms with Crippen molar-refractivity contribution in [1.29, 1.82) is 0 Å². The highest BCUT2D eigenvalue weighted by Gasteiger charge is 2.05. The molecule has 0 atom stereocenters. The summed E-state index contributed by atoms with van der Waals surface area (Å²) in [6.07, 6.45) is 0. The van der Waals surface area contributed by atoms with E-state index < -0.39 is 0 Å². The molecule has 2 amide bonds. The number of hydrogen-bond acceptors (Lipinski definition) is 3. The Morgan fingerprint density at radius 3 is 2.39 bits per heavy atom. The van der Waals surface area contributed by atoms with Crippen molar-refractivity contribution in [3.05, 3.63) is 24.3 Å². The van der Waals surface area contributed by atoms with Gasteiger partial charge in [-0.05, 0) is 23.4 Å². The third kappa shape index (κ3) is 5.72. The Balaban J connectivity index is 2.56. The van der Waals surface area contributed by atoms with Crippen LogP contribution in [-0.4, -0.2) is 22.8 Å². The molecule has 0 aliphatic rings. The number of anilines is 2. The van der Waals surface area contributed by atoms with Gasteiger partial charge in [-0.1, -0.05) is 19.9 Å². The van der Waals surface area contributed by atoms with E-state index in [2.05, 4.69) is 24.5 Å². The summed E-state index contributed by atoms with van der Waals surface area (Å²) in [4.78, 5) is 22.6. The highest BCUT2D eigenvalue weighted by molar-refractivity contribution is 8.00. The van der Waals surface area contributed by atoms with Crippen LogP contribution in [0.4, 0.5) is 11.4 Å². The van der Waals surface area contributed by atoms with E-state index in [4.69, 9.17) is 0 Å². The molecule has 1 rings (SSSR count). The SMILES string of the molecule is CC(=O)Nc1cccc(NC(=O)CSC(C)C)c1. The maximum atomic E-state index is 11.6. The quantitative estimate of drug-likeness (QED) is 0.861. The van der Waals surface area contributed by atoms with Gasteiger partial charge in [-0.3, -0.25) is 9.59 Å². The van der Waals surface area contributed by atoms with Gasteiger partial charge >= 0.3 is 0 Å². The molecule has 0 saturated carbocycles. The van der Waals surface area contributed by atoms with Crippen LogP contribution < -0.4 is 10.6 Å². The predicted octanol–water partition coefficient (Wildman–Crippen LogP) is 2.73. The van der Waals surface area contributed by atoms with Gasteiger partial charge in [0.15, 0.2) is 0 Å². The first-order valence-electron chi connectivity index (χ1n) is 5.76. The van der Waals surface area contributed by atoms with Gasteiger partial charge in [-0.25, -0.2) is 0 Å². The second-order valence-electron chi connectivity index (χ2n) is 4.17. The number of amides is 2. The number of carbonyl (C=O) groups is 2. The summed E-state index contributed by atoms with van der Waals surface area (Å²) in [6.45, 7) is 5.55. The Morgan fingerprint density at radius 1 is 1.22 bits per heavy atom. The summed E-state index contributed by atoms with van der Waals surface area (Å²) in [5.74, 6) is 0.268. The van der Waals surface area contributed by atoms with Crippen molar-refractivity contribution in [1.82, 2.24) is 0 Å². The molecule has 1 aromatic rings. The molecule has 18 heavy (non-hydrogen) atoms. The summed E-state index contributed by atoms with van der Waals surface area (Å²) >= 11 is 1.59. The minimum Gasteiger partial charge on any atom is -0.326 e. The average Bonchev–Trinajstić information content (AvgIpc) is 2.26. The number of thioether (sulfide) groups is 1. The summed E-state index contributed by atoms with van der Waals surface area (Å²) in [5.41, 5.74) is 1.37. The molecule has 0 radical (unpaired) electrons. The van der Waals surface area contributed by atoms with Crippen LogP contribution in [0, 0.1) is 0 Å². The van der Waals surface area contributed by atoms with Gasteiger partial charge in [0.1, 0.15) is 0 Å². The molecule has 0 fully saturated rings. The Labute approximate surface area is 112 Å². The standard InChI is InChI=1S/C13H18N2O2S/c1-9(2)18-8-13(17)15-12-6-4-5-11(7-12)14-10(3)16/h4-7,9H,8H2,1-3H3,(H,14,16)(H,15,17). The van der Waals surface area contributed by atoms with Gasteiger partial charge in [0.25, 0.3) is 0 Å². The minimum atomic E-state index is -0.131. The first kappa shape index (κ1) is 14.6. The van der Waals surface area contributed by atoms with Crippen molar-refractivity contribution in [2.75, 3.05) is 16.4 Å². The maximum Gasteiger partial charge on any atom is 0.234 e. The molecule has 0 unspecified atom stereocenters. The lowest BCUT2D eigenvalue weighted by Gasteiger charge is -2.08. The van der Waals surface area contributed by atoms with Crippen LogP contribution in [0.5, 0.6) is 0 Å². The molecular weight excluding hydrogens is 248 g/mol. The second-order valence-corrected chi connectivity index (χ2v) is 5.73. The number of rotatable bonds is 5. The zero-order valence-electron chi connectivity index (χ0n) is 10.8. The Hall–Kier alpha value is -1.49. The second kappa shape index (κ2) is 7.06. The first-order chi connectivity index (χ1) is 8.47. The van der Waals surface area contributed by atoms with E-state index in [0.29, 0.717) is 22.4 Å². The maximum absolute atomic E-state index is 11.6. The van der Waals surface area contributed by atoms with E-state index in [1.807, 2.05) is 0 Å². The van der Waals surface area contributed by atoms with Gasteiger partial charge in [-0.15, -0.1) is 11.8 Å². The Bertz CT molecular complexity index is 433. The molecule has 0 aliphatic carbocycles. The molecule has 4 nitrogen and oxygen atoms in total. The number of hydrogen-bond donors (Lipinski definition) is 2. The molecule has 0 aromatic heterocycles. The topological polar surface area (TPSA) is 58.2 Å². The summed E-state index contributed by atoms with van der Waals surface area (Å²) < 4.78 is 0. The highest BCUT2D eigenvalue weighted by atomic mass is 32.2. The van der Waals surface area contributed by atoms with Crippen molar-refractivity contribution >= 4 is 35.0 Å². The molecule has 0 aliphatic heterocycles. The van der Waals surface area contributed by atoms with Crippen molar-refractivity contribution in [2.45, 2.75) is 26.0 Å². The Morgan fingerprint density at radius 2 is 1.83 bits per heavy atom. The fourth-order valence-electron chi connectivity index (χ4n) is 1.32. The molecule has 5 heteroatoms. The largest absolute Gasteiger partial charge is 0.326 e.